The summed E-state index contributed by atoms with van der Waals surface area (Å²) >= 11 is 0. The van der Waals surface area contributed by atoms with Crippen molar-refractivity contribution in [3.05, 3.63) is 102 Å². The quantitative estimate of drug-likeness (QED) is 0.520. The summed E-state index contributed by atoms with van der Waals surface area (Å²) in [6.07, 6.45) is 8.27. The molecule has 2 amide bonds. The van der Waals surface area contributed by atoms with Gasteiger partial charge >= 0.3 is 0 Å². The first kappa shape index (κ1) is 19.0. The van der Waals surface area contributed by atoms with Gasteiger partial charge in [0.2, 0.25) is 0 Å². The average molecular weight is 398 g/mol. The summed E-state index contributed by atoms with van der Waals surface area (Å²) in [5.74, 6) is 0.201. The maximum absolute atomic E-state index is 12.5. The van der Waals surface area contributed by atoms with E-state index in [1.165, 1.54) is 0 Å². The van der Waals surface area contributed by atoms with Crippen molar-refractivity contribution in [3.63, 3.8) is 0 Å². The molecule has 0 bridgehead atoms. The van der Waals surface area contributed by atoms with Crippen LogP contribution in [-0.2, 0) is 6.54 Å². The molecule has 3 heterocycles. The molecule has 2 N–H and O–H groups in total. The summed E-state index contributed by atoms with van der Waals surface area (Å²) in [4.78, 5) is 32.9. The lowest BCUT2D eigenvalue weighted by atomic mass is 10.1. The van der Waals surface area contributed by atoms with Gasteiger partial charge in [-0.15, -0.1) is 0 Å². The van der Waals surface area contributed by atoms with Crippen LogP contribution in [0.5, 0.6) is 0 Å². The third-order valence-electron chi connectivity index (χ3n) is 4.38. The van der Waals surface area contributed by atoms with E-state index in [9.17, 15) is 9.59 Å². The smallest absolute Gasteiger partial charge is 0.255 e. The van der Waals surface area contributed by atoms with Gasteiger partial charge in [-0.3, -0.25) is 14.6 Å². The van der Waals surface area contributed by atoms with Gasteiger partial charge in [-0.2, -0.15) is 5.10 Å². The van der Waals surface area contributed by atoms with E-state index >= 15 is 0 Å². The molecule has 0 radical (unpaired) electrons. The third-order valence-corrected chi connectivity index (χ3v) is 4.38. The van der Waals surface area contributed by atoms with Crippen LogP contribution < -0.4 is 10.6 Å². The molecular weight excluding hydrogens is 380 g/mol. The summed E-state index contributed by atoms with van der Waals surface area (Å²) < 4.78 is 1.65. The van der Waals surface area contributed by atoms with E-state index in [4.69, 9.17) is 0 Å². The van der Waals surface area contributed by atoms with Gasteiger partial charge in [0.15, 0.2) is 5.82 Å². The molecule has 0 aliphatic heterocycles. The van der Waals surface area contributed by atoms with Crippen molar-refractivity contribution in [2.45, 2.75) is 6.54 Å². The first-order chi connectivity index (χ1) is 14.7. The van der Waals surface area contributed by atoms with Crippen molar-refractivity contribution < 1.29 is 9.59 Å². The van der Waals surface area contributed by atoms with Crippen LogP contribution >= 0.6 is 0 Å². The summed E-state index contributed by atoms with van der Waals surface area (Å²) in [6, 6.07) is 15.5. The van der Waals surface area contributed by atoms with Crippen molar-refractivity contribution in [2.75, 3.05) is 5.32 Å². The van der Waals surface area contributed by atoms with Crippen LogP contribution in [0.15, 0.2) is 85.6 Å². The van der Waals surface area contributed by atoms with E-state index in [1.54, 1.807) is 72.1 Å². The third kappa shape index (κ3) is 4.39. The van der Waals surface area contributed by atoms with Gasteiger partial charge in [0, 0.05) is 59.9 Å². The topological polar surface area (TPSA) is 102 Å². The fraction of sp³-hybridized carbons (Fsp3) is 0.0455. The first-order valence-electron chi connectivity index (χ1n) is 9.24. The lowest BCUT2D eigenvalue weighted by Gasteiger charge is -2.10. The number of nitrogens with zero attached hydrogens (tertiary/aromatic N) is 4. The number of amides is 2. The van der Waals surface area contributed by atoms with Crippen molar-refractivity contribution in [1.82, 2.24) is 25.1 Å². The molecule has 0 spiro atoms. The molecule has 0 unspecified atom stereocenters. The highest BCUT2D eigenvalue weighted by atomic mass is 16.2. The van der Waals surface area contributed by atoms with Crippen LogP contribution in [0.4, 0.5) is 5.69 Å². The zero-order valence-corrected chi connectivity index (χ0v) is 15.9. The number of nitrogens with one attached hydrogen (secondary N) is 2. The molecular formula is C22H18N6O2. The highest BCUT2D eigenvalue weighted by Crippen LogP contribution is 2.13. The Hall–Kier alpha value is -4.33. The van der Waals surface area contributed by atoms with Crippen LogP contribution in [0.25, 0.3) is 5.82 Å². The Morgan fingerprint density at radius 3 is 2.33 bits per heavy atom. The van der Waals surface area contributed by atoms with Crippen molar-refractivity contribution in [1.29, 1.82) is 0 Å². The van der Waals surface area contributed by atoms with Gasteiger partial charge in [-0.1, -0.05) is 6.07 Å². The number of pyridine rings is 2. The number of hydrogen-bond acceptors (Lipinski definition) is 5. The Morgan fingerprint density at radius 1 is 0.833 bits per heavy atom. The van der Waals surface area contributed by atoms with Gasteiger partial charge in [0.1, 0.15) is 0 Å². The molecule has 0 saturated heterocycles. The number of benzene rings is 1. The van der Waals surface area contributed by atoms with E-state index in [2.05, 4.69) is 25.7 Å². The second kappa shape index (κ2) is 8.78. The second-order valence-corrected chi connectivity index (χ2v) is 6.39. The van der Waals surface area contributed by atoms with Gasteiger partial charge in [0.05, 0.1) is 0 Å². The number of carbonyl (C=O) groups is 2. The number of hydrogen-bond donors (Lipinski definition) is 2. The number of anilines is 1. The maximum atomic E-state index is 12.5. The molecule has 8 nitrogen and oxygen atoms in total. The number of rotatable bonds is 6. The molecule has 0 aliphatic carbocycles. The summed E-state index contributed by atoms with van der Waals surface area (Å²) in [6.45, 7) is 0.308. The standard InChI is InChI=1S/C22H18N6O2/c29-21(25-15-18-3-1-10-24-20(18)28-14-2-11-26-28)16-4-6-19(7-5-16)27-22(30)17-8-12-23-13-9-17/h1-14H,15H2,(H,25,29)(H,27,30). The normalized spacial score (nSPS) is 10.4. The highest BCUT2D eigenvalue weighted by Gasteiger charge is 2.10. The molecule has 4 aromatic rings. The van der Waals surface area contributed by atoms with Crippen LogP contribution in [-0.4, -0.2) is 31.6 Å². The SMILES string of the molecule is O=C(NCc1cccnc1-n1cccn1)c1ccc(NC(=O)c2ccncc2)cc1. The van der Waals surface area contributed by atoms with Gasteiger partial charge < -0.3 is 10.6 Å². The van der Waals surface area contributed by atoms with E-state index in [0.29, 0.717) is 29.2 Å². The van der Waals surface area contributed by atoms with Crippen LogP contribution in [0.3, 0.4) is 0 Å². The van der Waals surface area contributed by atoms with E-state index in [-0.39, 0.29) is 11.8 Å². The molecule has 0 atom stereocenters. The van der Waals surface area contributed by atoms with Crippen LogP contribution in [0.1, 0.15) is 26.3 Å². The van der Waals surface area contributed by atoms with Crippen LogP contribution in [0.2, 0.25) is 0 Å². The average Bonchev–Trinajstić information content (AvgIpc) is 3.33. The zero-order valence-electron chi connectivity index (χ0n) is 15.9. The summed E-state index contributed by atoms with van der Waals surface area (Å²) in [7, 11) is 0. The van der Waals surface area contributed by atoms with Gasteiger partial charge in [-0.25, -0.2) is 9.67 Å². The molecule has 148 valence electrons. The summed E-state index contributed by atoms with van der Waals surface area (Å²) in [5, 5.41) is 9.87. The molecule has 8 heteroatoms. The Kier molecular flexibility index (Phi) is 5.56. The van der Waals surface area contributed by atoms with Crippen molar-refractivity contribution in [3.8, 4) is 5.82 Å². The second-order valence-electron chi connectivity index (χ2n) is 6.39. The zero-order chi connectivity index (χ0) is 20.8. The van der Waals surface area contributed by atoms with Crippen molar-refractivity contribution >= 4 is 17.5 Å². The monoisotopic (exact) mass is 398 g/mol. The maximum Gasteiger partial charge on any atom is 0.255 e. The lowest BCUT2D eigenvalue weighted by molar-refractivity contribution is 0.0950. The van der Waals surface area contributed by atoms with Gasteiger partial charge in [0.25, 0.3) is 11.8 Å². The minimum Gasteiger partial charge on any atom is -0.348 e. The van der Waals surface area contributed by atoms with E-state index in [0.717, 1.165) is 5.56 Å². The minimum atomic E-state index is -0.239. The largest absolute Gasteiger partial charge is 0.348 e. The molecule has 0 fully saturated rings. The minimum absolute atomic E-state index is 0.225. The van der Waals surface area contributed by atoms with Crippen molar-refractivity contribution in [2.24, 2.45) is 0 Å². The Labute approximate surface area is 172 Å². The molecule has 0 aliphatic rings. The molecule has 3 aromatic heterocycles. The molecule has 1 aromatic carbocycles. The number of aromatic nitrogens is 4. The highest BCUT2D eigenvalue weighted by molar-refractivity contribution is 6.04. The molecule has 30 heavy (non-hydrogen) atoms. The van der Waals surface area contributed by atoms with Gasteiger partial charge in [-0.05, 0) is 48.5 Å². The predicted molar refractivity (Wildman–Crippen MR) is 111 cm³/mol. The number of carbonyl (C=O) groups excluding carboxylic acids is 2. The van der Waals surface area contributed by atoms with Crippen LogP contribution in [0, 0.1) is 0 Å². The Bertz CT molecular complexity index is 1140. The van der Waals surface area contributed by atoms with E-state index in [1.807, 2.05) is 18.2 Å². The Balaban J connectivity index is 1.39. The summed E-state index contributed by atoms with van der Waals surface area (Å²) in [5.41, 5.74) is 2.44. The predicted octanol–water partition coefficient (Wildman–Crippen LogP) is 2.84. The molecule has 0 saturated carbocycles. The Morgan fingerprint density at radius 2 is 1.60 bits per heavy atom. The molecule has 4 rings (SSSR count). The fourth-order valence-corrected chi connectivity index (χ4v) is 2.86. The fourth-order valence-electron chi connectivity index (χ4n) is 2.86. The lowest BCUT2D eigenvalue weighted by Crippen LogP contribution is -2.24. The first-order valence-corrected chi connectivity index (χ1v) is 9.24. The van der Waals surface area contributed by atoms with E-state index < -0.39 is 0 Å².